The fourth-order valence-corrected chi connectivity index (χ4v) is 4.36. The number of aromatic nitrogens is 4. The van der Waals surface area contributed by atoms with E-state index < -0.39 is 17.2 Å². The first kappa shape index (κ1) is 20.8. The Hall–Kier alpha value is -3.42. The van der Waals surface area contributed by atoms with Crippen molar-refractivity contribution in [2.24, 2.45) is 19.5 Å². The maximum absolute atomic E-state index is 13.1. The second-order valence-corrected chi connectivity index (χ2v) is 9.08. The van der Waals surface area contributed by atoms with Crippen molar-refractivity contribution in [1.29, 1.82) is 0 Å². The number of hydrogen-bond acceptors (Lipinski definition) is 4. The van der Waals surface area contributed by atoms with Crippen LogP contribution < -0.4 is 16.6 Å². The van der Waals surface area contributed by atoms with Crippen LogP contribution in [0.15, 0.2) is 46.1 Å². The van der Waals surface area contributed by atoms with Crippen molar-refractivity contribution in [1.82, 2.24) is 24.2 Å². The van der Waals surface area contributed by atoms with Gasteiger partial charge in [0, 0.05) is 25.7 Å². The van der Waals surface area contributed by atoms with Gasteiger partial charge in [-0.25, -0.2) is 9.48 Å². The number of amides is 1. The average Bonchev–Trinajstić information content (AvgIpc) is 3.11. The van der Waals surface area contributed by atoms with E-state index in [1.165, 1.54) is 24.7 Å². The van der Waals surface area contributed by atoms with Gasteiger partial charge in [-0.15, -0.1) is 0 Å². The van der Waals surface area contributed by atoms with Crippen molar-refractivity contribution in [2.75, 3.05) is 0 Å². The van der Waals surface area contributed by atoms with Crippen molar-refractivity contribution in [2.45, 2.75) is 39.7 Å². The van der Waals surface area contributed by atoms with Crippen molar-refractivity contribution in [3.8, 4) is 5.69 Å². The minimum atomic E-state index is -0.533. The van der Waals surface area contributed by atoms with Gasteiger partial charge in [-0.1, -0.05) is 32.0 Å². The van der Waals surface area contributed by atoms with Crippen LogP contribution in [0.25, 0.3) is 5.69 Å². The van der Waals surface area contributed by atoms with Crippen LogP contribution in [-0.2, 0) is 20.5 Å². The third kappa shape index (κ3) is 3.62. The van der Waals surface area contributed by atoms with Crippen LogP contribution in [0.5, 0.6) is 0 Å². The van der Waals surface area contributed by atoms with E-state index >= 15 is 0 Å². The lowest BCUT2D eigenvalue weighted by Gasteiger charge is -2.36. The maximum Gasteiger partial charge on any atom is 0.331 e. The Morgan fingerprint density at radius 2 is 1.87 bits per heavy atom. The van der Waals surface area contributed by atoms with E-state index in [-0.39, 0.29) is 17.2 Å². The molecule has 4 rings (SSSR count). The van der Waals surface area contributed by atoms with E-state index in [2.05, 4.69) is 24.3 Å². The SMILES string of the molecule is Cc1ccccc1-n1ncc2c1CC(C)(C)CC2NC(=O)c1cc(=O)n(C)c(=O)n1C. The highest BCUT2D eigenvalue weighted by Gasteiger charge is 2.36. The summed E-state index contributed by atoms with van der Waals surface area (Å²) in [6, 6.07) is 8.99. The Balaban J connectivity index is 1.74. The summed E-state index contributed by atoms with van der Waals surface area (Å²) in [5.74, 6) is -0.449. The van der Waals surface area contributed by atoms with Crippen molar-refractivity contribution in [3.05, 3.63) is 79.9 Å². The highest BCUT2D eigenvalue weighted by atomic mass is 16.2. The zero-order valence-corrected chi connectivity index (χ0v) is 18.5. The number of carbonyl (C=O) groups is 1. The van der Waals surface area contributed by atoms with Gasteiger partial charge in [-0.2, -0.15) is 5.10 Å². The van der Waals surface area contributed by atoms with Crippen LogP contribution >= 0.6 is 0 Å². The number of rotatable bonds is 3. The monoisotopic (exact) mass is 421 g/mol. The molecular formula is C23H27N5O3. The molecule has 3 aromatic rings. The average molecular weight is 422 g/mol. The molecular weight excluding hydrogens is 394 g/mol. The molecule has 0 saturated heterocycles. The molecule has 2 aromatic heterocycles. The summed E-state index contributed by atoms with van der Waals surface area (Å²) in [4.78, 5) is 37.3. The quantitative estimate of drug-likeness (QED) is 0.701. The summed E-state index contributed by atoms with van der Waals surface area (Å²) in [6.07, 6.45) is 3.36. The van der Waals surface area contributed by atoms with Crippen LogP contribution in [0.4, 0.5) is 0 Å². The van der Waals surface area contributed by atoms with E-state index in [4.69, 9.17) is 0 Å². The number of nitrogens with zero attached hydrogens (tertiary/aromatic N) is 4. The Morgan fingerprint density at radius 3 is 2.58 bits per heavy atom. The summed E-state index contributed by atoms with van der Waals surface area (Å²) in [6.45, 7) is 6.38. The lowest BCUT2D eigenvalue weighted by Crippen LogP contribution is -2.43. The largest absolute Gasteiger partial charge is 0.344 e. The molecule has 162 valence electrons. The molecule has 1 atom stereocenters. The zero-order valence-electron chi connectivity index (χ0n) is 18.5. The first-order chi connectivity index (χ1) is 14.6. The molecule has 8 heteroatoms. The van der Waals surface area contributed by atoms with Gasteiger partial charge >= 0.3 is 5.69 Å². The number of hydrogen-bond donors (Lipinski definition) is 1. The second kappa shape index (κ2) is 7.37. The van der Waals surface area contributed by atoms with Gasteiger partial charge in [0.15, 0.2) is 0 Å². The minimum absolute atomic E-state index is 0.0457. The second-order valence-electron chi connectivity index (χ2n) is 9.08. The Bertz CT molecular complexity index is 1300. The molecule has 1 amide bonds. The summed E-state index contributed by atoms with van der Waals surface area (Å²) in [7, 11) is 2.88. The molecule has 1 aromatic carbocycles. The van der Waals surface area contributed by atoms with Gasteiger partial charge in [0.25, 0.3) is 11.5 Å². The smallest absolute Gasteiger partial charge is 0.331 e. The number of carbonyl (C=O) groups excluding carboxylic acids is 1. The Morgan fingerprint density at radius 1 is 1.16 bits per heavy atom. The number of benzene rings is 1. The molecule has 0 spiro atoms. The topological polar surface area (TPSA) is 90.9 Å². The lowest BCUT2D eigenvalue weighted by atomic mass is 9.74. The van der Waals surface area contributed by atoms with Gasteiger partial charge in [0.05, 0.1) is 23.6 Å². The molecule has 8 nitrogen and oxygen atoms in total. The normalized spacial score (nSPS) is 17.3. The summed E-state index contributed by atoms with van der Waals surface area (Å²) in [5, 5.41) is 7.68. The van der Waals surface area contributed by atoms with Crippen LogP contribution in [0.2, 0.25) is 0 Å². The molecule has 1 aliphatic carbocycles. The summed E-state index contributed by atoms with van der Waals surface area (Å²) >= 11 is 0. The first-order valence-electron chi connectivity index (χ1n) is 10.3. The zero-order chi connectivity index (χ0) is 22.5. The third-order valence-corrected chi connectivity index (χ3v) is 6.09. The molecule has 0 aliphatic heterocycles. The molecule has 2 heterocycles. The van der Waals surface area contributed by atoms with E-state index in [0.29, 0.717) is 0 Å². The predicted molar refractivity (Wildman–Crippen MR) is 118 cm³/mol. The highest BCUT2D eigenvalue weighted by Crippen LogP contribution is 2.41. The van der Waals surface area contributed by atoms with E-state index in [1.807, 2.05) is 42.1 Å². The first-order valence-corrected chi connectivity index (χ1v) is 10.3. The fourth-order valence-electron chi connectivity index (χ4n) is 4.36. The van der Waals surface area contributed by atoms with E-state index in [1.54, 1.807) is 0 Å². The van der Waals surface area contributed by atoms with Gasteiger partial charge in [0.2, 0.25) is 0 Å². The van der Waals surface area contributed by atoms with Gasteiger partial charge < -0.3 is 5.32 Å². The highest BCUT2D eigenvalue weighted by molar-refractivity contribution is 5.92. The number of fused-ring (bicyclic) bond motifs is 1. The van der Waals surface area contributed by atoms with Crippen LogP contribution in [0.3, 0.4) is 0 Å². The molecule has 0 radical (unpaired) electrons. The van der Waals surface area contributed by atoms with Crippen molar-refractivity contribution < 1.29 is 4.79 Å². The predicted octanol–water partition coefficient (Wildman–Crippen LogP) is 2.02. The van der Waals surface area contributed by atoms with Crippen LogP contribution in [0, 0.1) is 12.3 Å². The molecule has 31 heavy (non-hydrogen) atoms. The van der Waals surface area contributed by atoms with Gasteiger partial charge in [-0.05, 0) is 36.8 Å². The lowest BCUT2D eigenvalue weighted by molar-refractivity contribution is 0.0908. The third-order valence-electron chi connectivity index (χ3n) is 6.09. The standard InChI is InChI=1S/C23H27N5O3/c1-14-8-6-7-9-17(14)28-19-12-23(2,3)11-16(15(19)13-24-28)25-21(30)18-10-20(29)27(5)22(31)26(18)4/h6-10,13,16H,11-12H2,1-5H3,(H,25,30). The van der Waals surface area contributed by atoms with Gasteiger partial charge in [0.1, 0.15) is 5.69 Å². The number of para-hydroxylation sites is 1. The van der Waals surface area contributed by atoms with Crippen LogP contribution in [0.1, 0.15) is 53.6 Å². The number of aryl methyl sites for hydroxylation is 1. The minimum Gasteiger partial charge on any atom is -0.344 e. The summed E-state index contributed by atoms with van der Waals surface area (Å²) < 4.78 is 4.13. The van der Waals surface area contributed by atoms with Crippen LogP contribution in [-0.4, -0.2) is 24.8 Å². The van der Waals surface area contributed by atoms with E-state index in [0.717, 1.165) is 39.9 Å². The molecule has 0 fully saturated rings. The molecule has 1 unspecified atom stereocenters. The van der Waals surface area contributed by atoms with Crippen molar-refractivity contribution in [3.63, 3.8) is 0 Å². The van der Waals surface area contributed by atoms with Crippen molar-refractivity contribution >= 4 is 5.91 Å². The molecule has 0 saturated carbocycles. The Labute approximate surface area is 180 Å². The molecule has 1 N–H and O–H groups in total. The summed E-state index contributed by atoms with van der Waals surface area (Å²) in [5.41, 5.74) is 3.10. The van der Waals surface area contributed by atoms with E-state index in [9.17, 15) is 14.4 Å². The maximum atomic E-state index is 13.1. The molecule has 0 bridgehead atoms. The Kier molecular flexibility index (Phi) is 4.95. The van der Waals surface area contributed by atoms with Gasteiger partial charge in [-0.3, -0.25) is 18.7 Å². The molecule has 1 aliphatic rings. The fraction of sp³-hybridized carbons (Fsp3) is 0.391. The number of nitrogens with one attached hydrogen (secondary N) is 1.